The highest BCUT2D eigenvalue weighted by Crippen LogP contribution is 2.31. The molecule has 2 heterocycles. The maximum atomic E-state index is 11.8. The highest BCUT2D eigenvalue weighted by molar-refractivity contribution is 5.84. The first-order valence-corrected chi connectivity index (χ1v) is 8.53. The van der Waals surface area contributed by atoms with Crippen LogP contribution in [-0.4, -0.2) is 52.9 Å². The number of rotatable bonds is 2. The summed E-state index contributed by atoms with van der Waals surface area (Å²) in [7, 11) is 0. The Morgan fingerprint density at radius 1 is 1.12 bits per heavy atom. The van der Waals surface area contributed by atoms with Gasteiger partial charge in [-0.25, -0.2) is 0 Å². The molecule has 2 aliphatic heterocycles. The van der Waals surface area contributed by atoms with Crippen molar-refractivity contribution in [3.8, 4) is 0 Å². The van der Waals surface area contributed by atoms with Gasteiger partial charge in [-0.1, -0.05) is 58.0 Å². The molecule has 2 saturated heterocycles. The Morgan fingerprint density at radius 2 is 1.75 bits per heavy atom. The summed E-state index contributed by atoms with van der Waals surface area (Å²) < 4.78 is 0. The second-order valence-electron chi connectivity index (χ2n) is 8.21. The Balaban J connectivity index is 0.000000219. The lowest BCUT2D eigenvalue weighted by molar-refractivity contribution is -0.136. The van der Waals surface area contributed by atoms with Crippen molar-refractivity contribution in [3.05, 3.63) is 35.9 Å². The van der Waals surface area contributed by atoms with E-state index in [1.807, 2.05) is 44.2 Å². The summed E-state index contributed by atoms with van der Waals surface area (Å²) >= 11 is 0. The number of β-amino-alcohol motifs (C(OH)–C–C–N with tert-alkyl or cyclic N) is 1. The summed E-state index contributed by atoms with van der Waals surface area (Å²) in [6.07, 6.45) is -1.02. The van der Waals surface area contributed by atoms with Gasteiger partial charge in [0.2, 0.25) is 0 Å². The van der Waals surface area contributed by atoms with Gasteiger partial charge in [-0.3, -0.25) is 4.79 Å². The third-order valence-electron chi connectivity index (χ3n) is 4.92. The number of nitrogens with one attached hydrogen (secondary N) is 1. The quantitative estimate of drug-likeness (QED) is 0.764. The number of benzene rings is 1. The zero-order valence-corrected chi connectivity index (χ0v) is 15.1. The predicted octanol–water partition coefficient (Wildman–Crippen LogP) is 1.39. The lowest BCUT2D eigenvalue weighted by atomic mass is 9.90. The highest BCUT2D eigenvalue weighted by Gasteiger charge is 2.44. The van der Waals surface area contributed by atoms with Crippen LogP contribution in [0.3, 0.4) is 0 Å². The van der Waals surface area contributed by atoms with Gasteiger partial charge in [0, 0.05) is 37.0 Å². The molecule has 0 aliphatic carbocycles. The molecular formula is C19H30N2O3. The molecule has 3 rings (SSSR count). The standard InChI is InChI=1S/C13H17NO2.C6H13NO/c1-13(2)9-14(12(16)11(13)15)8-10-6-4-3-5-7-10;1-6(2)4-7-3-5(6)8/h3-7,11,15H,8-9H2,1-2H3;5,7-8H,3-4H2,1-2H3. The average Bonchev–Trinajstić information content (AvgIpc) is 2.92. The molecule has 3 N–H and O–H groups in total. The summed E-state index contributed by atoms with van der Waals surface area (Å²) in [5.74, 6) is -0.158. The first-order valence-electron chi connectivity index (χ1n) is 8.53. The molecule has 1 aromatic rings. The van der Waals surface area contributed by atoms with E-state index in [4.69, 9.17) is 0 Å². The van der Waals surface area contributed by atoms with Crippen molar-refractivity contribution >= 4 is 5.91 Å². The van der Waals surface area contributed by atoms with Gasteiger partial charge in [0.25, 0.3) is 5.91 Å². The summed E-state index contributed by atoms with van der Waals surface area (Å²) in [5, 5.41) is 22.1. The Labute approximate surface area is 144 Å². The van der Waals surface area contributed by atoms with E-state index < -0.39 is 6.10 Å². The van der Waals surface area contributed by atoms with Crippen LogP contribution in [0, 0.1) is 10.8 Å². The highest BCUT2D eigenvalue weighted by atomic mass is 16.3. The lowest BCUT2D eigenvalue weighted by Crippen LogP contribution is -2.30. The summed E-state index contributed by atoms with van der Waals surface area (Å²) in [6, 6.07) is 9.85. The molecule has 0 radical (unpaired) electrons. The Morgan fingerprint density at radius 3 is 2.12 bits per heavy atom. The van der Waals surface area contributed by atoms with Gasteiger partial charge in [0.1, 0.15) is 6.10 Å². The van der Waals surface area contributed by atoms with E-state index in [1.54, 1.807) is 4.90 Å². The molecule has 134 valence electrons. The van der Waals surface area contributed by atoms with E-state index in [-0.39, 0.29) is 22.8 Å². The third-order valence-corrected chi connectivity index (χ3v) is 4.92. The van der Waals surface area contributed by atoms with E-state index >= 15 is 0 Å². The molecule has 1 aromatic carbocycles. The van der Waals surface area contributed by atoms with Crippen molar-refractivity contribution in [2.24, 2.45) is 10.8 Å². The molecule has 0 spiro atoms. The van der Waals surface area contributed by atoms with Crippen molar-refractivity contribution in [1.82, 2.24) is 10.2 Å². The SMILES string of the molecule is CC1(C)CN(Cc2ccccc2)C(=O)C1O.CC1(C)CNCC1O. The number of aliphatic hydroxyl groups excluding tert-OH is 2. The molecule has 1 amide bonds. The van der Waals surface area contributed by atoms with Crippen LogP contribution in [0.5, 0.6) is 0 Å². The molecule has 24 heavy (non-hydrogen) atoms. The first kappa shape index (κ1) is 18.9. The van der Waals surface area contributed by atoms with Crippen LogP contribution < -0.4 is 5.32 Å². The van der Waals surface area contributed by atoms with Gasteiger partial charge < -0.3 is 20.4 Å². The smallest absolute Gasteiger partial charge is 0.252 e. The zero-order valence-electron chi connectivity index (χ0n) is 15.1. The number of hydrogen-bond donors (Lipinski definition) is 3. The maximum absolute atomic E-state index is 11.8. The van der Waals surface area contributed by atoms with Crippen molar-refractivity contribution < 1.29 is 15.0 Å². The van der Waals surface area contributed by atoms with Crippen LogP contribution in [0.2, 0.25) is 0 Å². The van der Waals surface area contributed by atoms with E-state index in [0.717, 1.165) is 18.7 Å². The number of aliphatic hydroxyl groups is 2. The third kappa shape index (κ3) is 4.35. The van der Waals surface area contributed by atoms with Crippen molar-refractivity contribution in [2.45, 2.75) is 46.4 Å². The van der Waals surface area contributed by atoms with E-state index in [9.17, 15) is 15.0 Å². The first-order chi connectivity index (χ1) is 11.1. The van der Waals surface area contributed by atoms with Gasteiger partial charge in [0.15, 0.2) is 0 Å². The van der Waals surface area contributed by atoms with E-state index in [2.05, 4.69) is 19.2 Å². The minimum atomic E-state index is -0.865. The van der Waals surface area contributed by atoms with Gasteiger partial charge in [0.05, 0.1) is 6.10 Å². The fourth-order valence-corrected chi connectivity index (χ4v) is 3.03. The topological polar surface area (TPSA) is 72.8 Å². The maximum Gasteiger partial charge on any atom is 0.252 e. The Bertz CT molecular complexity index is 557. The molecule has 0 bridgehead atoms. The van der Waals surface area contributed by atoms with Gasteiger partial charge in [-0.05, 0) is 5.56 Å². The number of hydrogen-bond acceptors (Lipinski definition) is 4. The number of carbonyl (C=O) groups excluding carboxylic acids is 1. The second-order valence-corrected chi connectivity index (χ2v) is 8.21. The fraction of sp³-hybridized carbons (Fsp3) is 0.632. The zero-order chi connectivity index (χ0) is 18.0. The molecule has 2 aliphatic rings. The minimum absolute atomic E-state index is 0.0972. The molecule has 5 nitrogen and oxygen atoms in total. The largest absolute Gasteiger partial charge is 0.391 e. The van der Waals surface area contributed by atoms with Crippen molar-refractivity contribution in [3.63, 3.8) is 0 Å². The lowest BCUT2D eigenvalue weighted by Gasteiger charge is -2.20. The van der Waals surface area contributed by atoms with Gasteiger partial charge in [-0.15, -0.1) is 0 Å². The summed E-state index contributed by atoms with van der Waals surface area (Å²) in [6.45, 7) is 10.9. The molecule has 0 saturated carbocycles. The fourth-order valence-electron chi connectivity index (χ4n) is 3.03. The molecule has 2 fully saturated rings. The van der Waals surface area contributed by atoms with E-state index in [0.29, 0.717) is 13.1 Å². The van der Waals surface area contributed by atoms with Crippen LogP contribution >= 0.6 is 0 Å². The molecule has 2 unspecified atom stereocenters. The monoisotopic (exact) mass is 334 g/mol. The average molecular weight is 334 g/mol. The van der Waals surface area contributed by atoms with Crippen LogP contribution in [-0.2, 0) is 11.3 Å². The number of amides is 1. The summed E-state index contributed by atoms with van der Waals surface area (Å²) in [5.41, 5.74) is 0.854. The van der Waals surface area contributed by atoms with Crippen LogP contribution in [0.15, 0.2) is 30.3 Å². The predicted molar refractivity (Wildman–Crippen MR) is 94.3 cm³/mol. The number of nitrogens with zero attached hydrogens (tertiary/aromatic N) is 1. The van der Waals surface area contributed by atoms with Crippen LogP contribution in [0.25, 0.3) is 0 Å². The normalized spacial score (nSPS) is 27.8. The molecular weight excluding hydrogens is 304 g/mol. The Kier molecular flexibility index (Phi) is 5.68. The Hall–Kier alpha value is -1.43. The van der Waals surface area contributed by atoms with Crippen LogP contribution in [0.1, 0.15) is 33.3 Å². The van der Waals surface area contributed by atoms with E-state index in [1.165, 1.54) is 0 Å². The molecule has 2 atom stereocenters. The molecule has 5 heteroatoms. The van der Waals surface area contributed by atoms with Crippen molar-refractivity contribution in [2.75, 3.05) is 19.6 Å². The summed E-state index contributed by atoms with van der Waals surface area (Å²) in [4.78, 5) is 13.5. The van der Waals surface area contributed by atoms with Crippen LogP contribution in [0.4, 0.5) is 0 Å². The second kappa shape index (κ2) is 7.21. The number of likely N-dealkylation sites (tertiary alicyclic amines) is 1. The minimum Gasteiger partial charge on any atom is -0.391 e. The number of carbonyl (C=O) groups is 1. The van der Waals surface area contributed by atoms with Gasteiger partial charge in [-0.2, -0.15) is 0 Å². The van der Waals surface area contributed by atoms with Crippen molar-refractivity contribution in [1.29, 1.82) is 0 Å². The van der Waals surface area contributed by atoms with Gasteiger partial charge >= 0.3 is 0 Å². The molecule has 0 aromatic heterocycles.